The van der Waals surface area contributed by atoms with Crippen LogP contribution in [0.5, 0.6) is 5.75 Å². The minimum absolute atomic E-state index is 0.244. The van der Waals surface area contributed by atoms with E-state index in [2.05, 4.69) is 4.74 Å². The number of carbonyl (C=O) groups is 3. The molecule has 14 heteroatoms. The van der Waals surface area contributed by atoms with Crippen LogP contribution in [-0.2, 0) is 24.5 Å². The first-order valence-electron chi connectivity index (χ1n) is 10.9. The molecule has 1 N–H and O–H groups in total. The number of fused-ring (bicyclic) bond motifs is 2. The Balaban J connectivity index is 2.36. The fourth-order valence-corrected chi connectivity index (χ4v) is 5.01. The number of rotatable bonds is 4. The molecule has 198 valence electrons. The Labute approximate surface area is 203 Å². The van der Waals surface area contributed by atoms with Crippen LogP contribution in [0.25, 0.3) is 0 Å². The molecule has 0 aromatic heterocycles. The molecule has 1 saturated carbocycles. The third-order valence-electron chi connectivity index (χ3n) is 6.10. The SMILES string of the molecule is CCOC(=O)[C@@H]1[C@@H]([N+](=O)[O-])C[C@@](C)(O)[C@]12C(=O)N(C(=O)OC(C)(C)C)c1ccc(OC(F)(F)F)cc12. The highest BCUT2D eigenvalue weighted by Crippen LogP contribution is 2.60. The first-order valence-corrected chi connectivity index (χ1v) is 10.9. The minimum atomic E-state index is -5.14. The number of alkyl halides is 3. The number of aliphatic hydroxyl groups is 1. The Morgan fingerprint density at radius 3 is 2.39 bits per heavy atom. The van der Waals surface area contributed by atoms with Gasteiger partial charge >= 0.3 is 18.4 Å². The van der Waals surface area contributed by atoms with E-state index in [9.17, 15) is 42.8 Å². The van der Waals surface area contributed by atoms with Crippen LogP contribution >= 0.6 is 0 Å². The van der Waals surface area contributed by atoms with Gasteiger partial charge in [0, 0.05) is 11.3 Å². The molecular formula is C22H25F3N2O9. The van der Waals surface area contributed by atoms with Gasteiger partial charge in [0.2, 0.25) is 6.04 Å². The smallest absolute Gasteiger partial charge is 0.466 e. The van der Waals surface area contributed by atoms with E-state index in [0.717, 1.165) is 25.1 Å². The number of imide groups is 1. The molecule has 1 aliphatic carbocycles. The number of halogens is 3. The number of ether oxygens (including phenoxy) is 3. The summed E-state index contributed by atoms with van der Waals surface area (Å²) in [6.45, 7) is 6.70. The maximum absolute atomic E-state index is 14.0. The maximum atomic E-state index is 14.0. The van der Waals surface area contributed by atoms with E-state index in [1.165, 1.54) is 27.7 Å². The lowest BCUT2D eigenvalue weighted by Crippen LogP contribution is -2.59. The summed E-state index contributed by atoms with van der Waals surface area (Å²) in [7, 11) is 0. The van der Waals surface area contributed by atoms with E-state index in [-0.39, 0.29) is 12.3 Å². The van der Waals surface area contributed by atoms with Crippen LogP contribution in [0.4, 0.5) is 23.7 Å². The third kappa shape index (κ3) is 4.33. The number of hydrogen-bond donors (Lipinski definition) is 1. The Bertz CT molecular complexity index is 1110. The molecule has 11 nitrogen and oxygen atoms in total. The Morgan fingerprint density at radius 1 is 1.28 bits per heavy atom. The van der Waals surface area contributed by atoms with Crippen LogP contribution in [0, 0.1) is 16.0 Å². The van der Waals surface area contributed by atoms with Crippen LogP contribution < -0.4 is 9.64 Å². The van der Waals surface area contributed by atoms with Crippen LogP contribution in [0.1, 0.15) is 46.6 Å². The molecule has 0 bridgehead atoms. The molecular weight excluding hydrogens is 493 g/mol. The van der Waals surface area contributed by atoms with Gasteiger partial charge in [-0.05, 0) is 58.4 Å². The molecule has 1 aromatic rings. The molecule has 1 aromatic carbocycles. The van der Waals surface area contributed by atoms with Crippen LogP contribution in [-0.4, -0.2) is 58.2 Å². The quantitative estimate of drug-likeness (QED) is 0.361. The molecule has 2 amide bonds. The normalized spacial score (nSPS) is 27.7. The summed E-state index contributed by atoms with van der Waals surface area (Å²) < 4.78 is 53.1. The lowest BCUT2D eigenvalue weighted by Gasteiger charge is -2.37. The van der Waals surface area contributed by atoms with Crippen molar-refractivity contribution >= 4 is 23.7 Å². The van der Waals surface area contributed by atoms with E-state index in [0.29, 0.717) is 4.90 Å². The molecule has 3 rings (SSSR count). The monoisotopic (exact) mass is 518 g/mol. The molecule has 0 saturated heterocycles. The van der Waals surface area contributed by atoms with Gasteiger partial charge < -0.3 is 19.3 Å². The number of nitro groups is 1. The molecule has 36 heavy (non-hydrogen) atoms. The van der Waals surface area contributed by atoms with Crippen molar-refractivity contribution in [3.63, 3.8) is 0 Å². The third-order valence-corrected chi connectivity index (χ3v) is 6.10. The van der Waals surface area contributed by atoms with E-state index in [1.807, 2.05) is 0 Å². The van der Waals surface area contributed by atoms with Crippen molar-refractivity contribution in [3.8, 4) is 5.75 Å². The zero-order chi connectivity index (χ0) is 27.4. The molecule has 1 spiro atoms. The van der Waals surface area contributed by atoms with Crippen LogP contribution in [0.3, 0.4) is 0 Å². The predicted molar refractivity (Wildman–Crippen MR) is 115 cm³/mol. The van der Waals surface area contributed by atoms with Crippen LogP contribution in [0.15, 0.2) is 18.2 Å². The summed E-state index contributed by atoms with van der Waals surface area (Å²) in [4.78, 5) is 51.6. The summed E-state index contributed by atoms with van der Waals surface area (Å²) in [5.74, 6) is -5.32. The number of benzene rings is 1. The molecule has 0 radical (unpaired) electrons. The minimum Gasteiger partial charge on any atom is -0.466 e. The maximum Gasteiger partial charge on any atom is 0.573 e. The van der Waals surface area contributed by atoms with Gasteiger partial charge in [0.25, 0.3) is 5.91 Å². The lowest BCUT2D eigenvalue weighted by molar-refractivity contribution is -0.528. The molecule has 1 aliphatic heterocycles. The van der Waals surface area contributed by atoms with Gasteiger partial charge in [-0.3, -0.25) is 19.7 Å². The van der Waals surface area contributed by atoms with Gasteiger partial charge in [0.05, 0.1) is 17.9 Å². The van der Waals surface area contributed by atoms with E-state index >= 15 is 0 Å². The highest BCUT2D eigenvalue weighted by Gasteiger charge is 2.77. The lowest BCUT2D eigenvalue weighted by atomic mass is 9.65. The zero-order valence-electron chi connectivity index (χ0n) is 20.0. The number of nitrogens with zero attached hydrogens (tertiary/aromatic N) is 2. The van der Waals surface area contributed by atoms with Gasteiger partial charge in [-0.2, -0.15) is 0 Å². The largest absolute Gasteiger partial charge is 0.573 e. The fraction of sp³-hybridized carbons (Fsp3) is 0.591. The predicted octanol–water partition coefficient (Wildman–Crippen LogP) is 3.08. The standard InChI is InChI=1S/C22H25F3N2O9/c1-6-34-16(28)15-14(27(32)33)10-20(5,31)21(15)12-9-11(35-22(23,24)25)7-8-13(12)26(17(21)29)18(30)36-19(2,3)4/h7-9,14-15,31H,6,10H2,1-5H3/t14-,15-,20+,21-/m0/s1. The molecule has 1 heterocycles. The summed E-state index contributed by atoms with van der Waals surface area (Å²) in [5.41, 5.74) is -6.81. The summed E-state index contributed by atoms with van der Waals surface area (Å²) in [6.07, 6.45) is -7.13. The number of amides is 2. The van der Waals surface area contributed by atoms with Gasteiger partial charge in [-0.25, -0.2) is 9.69 Å². The summed E-state index contributed by atoms with van der Waals surface area (Å²) in [5, 5.41) is 23.4. The Kier molecular flexibility index (Phi) is 6.50. The van der Waals surface area contributed by atoms with Gasteiger partial charge in [-0.1, -0.05) is 0 Å². The summed E-state index contributed by atoms with van der Waals surface area (Å²) >= 11 is 0. The topological polar surface area (TPSA) is 146 Å². The first-order chi connectivity index (χ1) is 16.4. The first kappa shape index (κ1) is 27.2. The van der Waals surface area contributed by atoms with E-state index < -0.39 is 75.6 Å². The van der Waals surface area contributed by atoms with E-state index in [4.69, 9.17) is 9.47 Å². The van der Waals surface area contributed by atoms with Gasteiger partial charge in [0.15, 0.2) is 0 Å². The Hall–Kier alpha value is -3.42. The second-order valence-corrected chi connectivity index (χ2v) is 9.72. The highest BCUT2D eigenvalue weighted by atomic mass is 19.4. The van der Waals surface area contributed by atoms with E-state index in [1.54, 1.807) is 0 Å². The van der Waals surface area contributed by atoms with Crippen molar-refractivity contribution in [2.24, 2.45) is 5.92 Å². The van der Waals surface area contributed by atoms with Crippen LogP contribution in [0.2, 0.25) is 0 Å². The highest BCUT2D eigenvalue weighted by molar-refractivity contribution is 6.23. The second-order valence-electron chi connectivity index (χ2n) is 9.72. The van der Waals surface area contributed by atoms with Crippen molar-refractivity contribution < 1.29 is 51.8 Å². The molecule has 1 fully saturated rings. The fourth-order valence-electron chi connectivity index (χ4n) is 5.01. The van der Waals surface area contributed by atoms with Gasteiger partial charge in [0.1, 0.15) is 22.7 Å². The molecule has 0 unspecified atom stereocenters. The number of carbonyl (C=O) groups excluding carboxylic acids is 3. The summed E-state index contributed by atoms with van der Waals surface area (Å²) in [6, 6.07) is 0.643. The van der Waals surface area contributed by atoms with Crippen molar-refractivity contribution in [3.05, 3.63) is 33.9 Å². The number of anilines is 1. The second kappa shape index (κ2) is 8.61. The zero-order valence-corrected chi connectivity index (χ0v) is 20.0. The van der Waals surface area contributed by atoms with Gasteiger partial charge in [-0.15, -0.1) is 13.2 Å². The number of esters is 1. The van der Waals surface area contributed by atoms with Crippen molar-refractivity contribution in [2.45, 2.75) is 70.1 Å². The average molecular weight is 518 g/mol. The molecule has 4 atom stereocenters. The Morgan fingerprint density at radius 2 is 1.89 bits per heavy atom. The molecule has 2 aliphatic rings. The van der Waals surface area contributed by atoms with Crippen molar-refractivity contribution in [2.75, 3.05) is 11.5 Å². The van der Waals surface area contributed by atoms with Crippen molar-refractivity contribution in [1.29, 1.82) is 0 Å². The average Bonchev–Trinajstić information content (AvgIpc) is 3.09. The number of hydrogen-bond acceptors (Lipinski definition) is 9. The van der Waals surface area contributed by atoms with Crippen molar-refractivity contribution in [1.82, 2.24) is 0 Å².